The first-order valence-electron chi connectivity index (χ1n) is 5.35. The summed E-state index contributed by atoms with van der Waals surface area (Å²) >= 11 is 1.06. The van der Waals surface area contributed by atoms with E-state index < -0.39 is 5.97 Å². The van der Waals surface area contributed by atoms with Crippen LogP contribution in [0.25, 0.3) is 0 Å². The zero-order chi connectivity index (χ0) is 12.8. The second-order valence-corrected chi connectivity index (χ2v) is 4.57. The zero-order valence-corrected chi connectivity index (χ0v) is 10.6. The Hall–Kier alpha value is -1.50. The number of carboxylic acids is 1. The van der Waals surface area contributed by atoms with Crippen LogP contribution in [0.2, 0.25) is 0 Å². The van der Waals surface area contributed by atoms with E-state index in [4.69, 9.17) is 5.11 Å². The lowest BCUT2D eigenvalue weighted by Gasteiger charge is -2.09. The molecule has 0 bridgehead atoms. The molecule has 17 heavy (non-hydrogen) atoms. The van der Waals surface area contributed by atoms with E-state index in [1.807, 2.05) is 6.92 Å². The highest BCUT2D eigenvalue weighted by molar-refractivity contribution is 7.08. The molecule has 0 aliphatic heterocycles. The second kappa shape index (κ2) is 6.29. The van der Waals surface area contributed by atoms with E-state index in [0.717, 1.165) is 11.5 Å². The Bertz CT molecular complexity index is 405. The van der Waals surface area contributed by atoms with Crippen molar-refractivity contribution in [2.45, 2.75) is 26.7 Å². The summed E-state index contributed by atoms with van der Waals surface area (Å²) in [4.78, 5) is 22.7. The van der Waals surface area contributed by atoms with Crippen LogP contribution >= 0.6 is 11.5 Å². The highest BCUT2D eigenvalue weighted by Gasteiger charge is 2.16. The molecule has 1 unspecified atom stereocenters. The first-order chi connectivity index (χ1) is 8.04. The average molecular weight is 257 g/mol. The number of hydrogen-bond donors (Lipinski definition) is 2. The number of nitrogens with one attached hydrogen (secondary N) is 1. The van der Waals surface area contributed by atoms with Crippen LogP contribution in [0.15, 0.2) is 0 Å². The van der Waals surface area contributed by atoms with Crippen LogP contribution in [0.3, 0.4) is 0 Å². The predicted octanol–water partition coefficient (Wildman–Crippen LogP) is 0.941. The van der Waals surface area contributed by atoms with Gasteiger partial charge in [-0.25, -0.2) is 0 Å². The molecule has 0 saturated carbocycles. The molecule has 6 nitrogen and oxygen atoms in total. The Labute approximate surface area is 103 Å². The molecular weight excluding hydrogens is 242 g/mol. The Morgan fingerprint density at radius 1 is 1.53 bits per heavy atom. The van der Waals surface area contributed by atoms with E-state index in [9.17, 15) is 9.59 Å². The fourth-order valence-electron chi connectivity index (χ4n) is 1.33. The molecule has 1 amide bonds. The smallest absolute Gasteiger partial charge is 0.303 e. The van der Waals surface area contributed by atoms with Crippen LogP contribution in [-0.4, -0.2) is 33.1 Å². The maximum Gasteiger partial charge on any atom is 0.303 e. The van der Waals surface area contributed by atoms with E-state index in [-0.39, 0.29) is 18.2 Å². The van der Waals surface area contributed by atoms with E-state index in [0.29, 0.717) is 23.5 Å². The molecule has 0 aromatic carbocycles. The van der Waals surface area contributed by atoms with Gasteiger partial charge in [-0.1, -0.05) is 18.3 Å². The highest BCUT2D eigenvalue weighted by atomic mass is 32.1. The van der Waals surface area contributed by atoms with Crippen molar-refractivity contribution in [3.05, 3.63) is 10.6 Å². The minimum absolute atomic E-state index is 0.0435. The molecule has 1 heterocycles. The molecule has 0 saturated heterocycles. The van der Waals surface area contributed by atoms with Crippen LogP contribution in [0.1, 0.15) is 35.6 Å². The lowest BCUT2D eigenvalue weighted by molar-refractivity contribution is -0.137. The zero-order valence-electron chi connectivity index (χ0n) is 9.77. The van der Waals surface area contributed by atoms with Crippen molar-refractivity contribution in [3.8, 4) is 0 Å². The van der Waals surface area contributed by atoms with Gasteiger partial charge in [-0.15, -0.1) is 5.10 Å². The van der Waals surface area contributed by atoms with Gasteiger partial charge in [0.05, 0.1) is 5.69 Å². The summed E-state index contributed by atoms with van der Waals surface area (Å²) in [5.41, 5.74) is 0.679. The summed E-state index contributed by atoms with van der Waals surface area (Å²) in [5.74, 6) is -1.18. The van der Waals surface area contributed by atoms with Crippen LogP contribution in [0.4, 0.5) is 0 Å². The fraction of sp³-hybridized carbons (Fsp3) is 0.600. The summed E-state index contributed by atoms with van der Waals surface area (Å²) < 4.78 is 3.73. The molecule has 94 valence electrons. The van der Waals surface area contributed by atoms with Crippen LogP contribution in [0.5, 0.6) is 0 Å². The molecule has 0 radical (unpaired) electrons. The van der Waals surface area contributed by atoms with Crippen molar-refractivity contribution in [2.75, 3.05) is 6.54 Å². The van der Waals surface area contributed by atoms with Gasteiger partial charge in [-0.3, -0.25) is 9.59 Å². The lowest BCUT2D eigenvalue weighted by atomic mass is 10.1. The standard InChI is InChI=1S/C10H15N3O3S/c1-3-7-9(17-13-12-7)10(16)11-5-6(2)4-8(14)15/h6H,3-5H2,1-2H3,(H,11,16)(H,14,15). The normalized spacial score (nSPS) is 12.1. The third-order valence-corrected chi connectivity index (χ3v) is 3.00. The fourth-order valence-corrected chi connectivity index (χ4v) is 2.00. The Morgan fingerprint density at radius 2 is 2.24 bits per heavy atom. The topological polar surface area (TPSA) is 92.2 Å². The first kappa shape index (κ1) is 13.6. The molecule has 2 N–H and O–H groups in total. The summed E-state index contributed by atoms with van der Waals surface area (Å²) in [7, 11) is 0. The number of carboxylic acid groups (broad SMARTS) is 1. The second-order valence-electron chi connectivity index (χ2n) is 3.82. The number of carbonyl (C=O) groups excluding carboxylic acids is 1. The highest BCUT2D eigenvalue weighted by Crippen LogP contribution is 2.11. The predicted molar refractivity (Wildman–Crippen MR) is 63.0 cm³/mol. The van der Waals surface area contributed by atoms with Gasteiger partial charge in [0.15, 0.2) is 0 Å². The number of hydrogen-bond acceptors (Lipinski definition) is 5. The summed E-state index contributed by atoms with van der Waals surface area (Å²) in [6.07, 6.45) is 0.700. The van der Waals surface area contributed by atoms with Crippen molar-refractivity contribution in [3.63, 3.8) is 0 Å². The van der Waals surface area contributed by atoms with Crippen molar-refractivity contribution < 1.29 is 14.7 Å². The molecule has 0 fully saturated rings. The van der Waals surface area contributed by atoms with Gasteiger partial charge >= 0.3 is 5.97 Å². The van der Waals surface area contributed by atoms with Gasteiger partial charge < -0.3 is 10.4 Å². The summed E-state index contributed by atoms with van der Waals surface area (Å²) in [6.45, 7) is 4.02. The third-order valence-electron chi connectivity index (χ3n) is 2.23. The molecule has 0 aliphatic rings. The molecule has 1 aromatic rings. The molecular formula is C10H15N3O3S. The molecule has 1 aromatic heterocycles. The van der Waals surface area contributed by atoms with Crippen LogP contribution in [0, 0.1) is 5.92 Å². The van der Waals surface area contributed by atoms with Crippen molar-refractivity contribution >= 4 is 23.4 Å². The number of nitrogens with zero attached hydrogens (tertiary/aromatic N) is 2. The largest absolute Gasteiger partial charge is 0.481 e. The quantitative estimate of drug-likeness (QED) is 0.791. The maximum absolute atomic E-state index is 11.7. The summed E-state index contributed by atoms with van der Waals surface area (Å²) in [5, 5.41) is 15.1. The van der Waals surface area contributed by atoms with Gasteiger partial charge in [-0.05, 0) is 23.9 Å². The van der Waals surface area contributed by atoms with Gasteiger partial charge in [0.1, 0.15) is 4.88 Å². The van der Waals surface area contributed by atoms with Crippen LogP contribution in [-0.2, 0) is 11.2 Å². The summed E-state index contributed by atoms with van der Waals surface area (Å²) in [6, 6.07) is 0. The number of amides is 1. The molecule has 0 aliphatic carbocycles. The molecule has 1 atom stereocenters. The average Bonchev–Trinajstić information content (AvgIpc) is 2.72. The third kappa shape index (κ3) is 4.10. The van der Waals surface area contributed by atoms with Crippen molar-refractivity contribution in [1.82, 2.24) is 14.9 Å². The van der Waals surface area contributed by atoms with E-state index >= 15 is 0 Å². The van der Waals surface area contributed by atoms with Gasteiger partial charge in [0, 0.05) is 13.0 Å². The van der Waals surface area contributed by atoms with Crippen molar-refractivity contribution in [1.29, 1.82) is 0 Å². The van der Waals surface area contributed by atoms with Crippen molar-refractivity contribution in [2.24, 2.45) is 5.92 Å². The SMILES string of the molecule is CCc1nnsc1C(=O)NCC(C)CC(=O)O. The number of rotatable bonds is 6. The van der Waals surface area contributed by atoms with E-state index in [1.54, 1.807) is 6.92 Å². The first-order valence-corrected chi connectivity index (χ1v) is 6.13. The maximum atomic E-state index is 11.7. The molecule has 1 rings (SSSR count). The number of carbonyl (C=O) groups is 2. The number of aromatic nitrogens is 2. The Balaban J connectivity index is 2.47. The minimum atomic E-state index is -0.861. The van der Waals surface area contributed by atoms with E-state index in [2.05, 4.69) is 14.9 Å². The molecule has 7 heteroatoms. The van der Waals surface area contributed by atoms with Crippen LogP contribution < -0.4 is 5.32 Å². The Morgan fingerprint density at radius 3 is 2.82 bits per heavy atom. The van der Waals surface area contributed by atoms with Gasteiger partial charge in [-0.2, -0.15) is 0 Å². The monoisotopic (exact) mass is 257 g/mol. The van der Waals surface area contributed by atoms with Gasteiger partial charge in [0.25, 0.3) is 5.91 Å². The minimum Gasteiger partial charge on any atom is -0.481 e. The van der Waals surface area contributed by atoms with Gasteiger partial charge in [0.2, 0.25) is 0 Å². The molecule has 0 spiro atoms. The lowest BCUT2D eigenvalue weighted by Crippen LogP contribution is -2.29. The number of aryl methyl sites for hydroxylation is 1. The van der Waals surface area contributed by atoms with E-state index in [1.165, 1.54) is 0 Å². The Kier molecular flexibility index (Phi) is 5.02. The number of aliphatic carboxylic acids is 1.